The monoisotopic (exact) mass is 271 g/mol. The standard InChI is InChI=1S/C13H21NO3S/c1-9(18-2)7-8-14-12(15)10-5-3-4-6-11(10)13(16)17/h3-4,9-11H,5-8H2,1-2H3,(H,14,15)(H,16,17). The zero-order valence-corrected chi connectivity index (χ0v) is 11.7. The Morgan fingerprint density at radius 2 is 2.00 bits per heavy atom. The average molecular weight is 271 g/mol. The normalized spacial score (nSPS) is 24.6. The number of carboxylic acids is 1. The van der Waals surface area contributed by atoms with E-state index in [1.807, 2.05) is 18.4 Å². The molecular formula is C13H21NO3S. The number of carbonyl (C=O) groups excluding carboxylic acids is 1. The zero-order valence-electron chi connectivity index (χ0n) is 10.9. The van der Waals surface area contributed by atoms with Gasteiger partial charge in [-0.15, -0.1) is 0 Å². The number of carboxylic acid groups (broad SMARTS) is 1. The zero-order chi connectivity index (χ0) is 13.5. The van der Waals surface area contributed by atoms with Crippen LogP contribution in [0.25, 0.3) is 0 Å². The minimum absolute atomic E-state index is 0.125. The third kappa shape index (κ3) is 4.37. The lowest BCUT2D eigenvalue weighted by atomic mass is 9.82. The van der Waals surface area contributed by atoms with E-state index in [4.69, 9.17) is 5.11 Å². The Morgan fingerprint density at radius 3 is 2.56 bits per heavy atom. The molecule has 3 atom stereocenters. The van der Waals surface area contributed by atoms with E-state index in [0.29, 0.717) is 24.6 Å². The Labute approximate surface area is 112 Å². The summed E-state index contributed by atoms with van der Waals surface area (Å²) in [6.45, 7) is 2.73. The molecule has 102 valence electrons. The highest BCUT2D eigenvalue weighted by Gasteiger charge is 2.33. The summed E-state index contributed by atoms with van der Waals surface area (Å²) >= 11 is 1.76. The molecule has 5 heteroatoms. The number of thioether (sulfide) groups is 1. The van der Waals surface area contributed by atoms with E-state index in [2.05, 4.69) is 12.2 Å². The van der Waals surface area contributed by atoms with E-state index in [0.717, 1.165) is 6.42 Å². The van der Waals surface area contributed by atoms with Crippen molar-refractivity contribution >= 4 is 23.6 Å². The van der Waals surface area contributed by atoms with Crippen LogP contribution in [0.2, 0.25) is 0 Å². The van der Waals surface area contributed by atoms with E-state index >= 15 is 0 Å². The molecule has 1 aliphatic carbocycles. The number of carbonyl (C=O) groups is 2. The van der Waals surface area contributed by atoms with Gasteiger partial charge in [-0.3, -0.25) is 9.59 Å². The van der Waals surface area contributed by atoms with Gasteiger partial charge in [0.1, 0.15) is 0 Å². The van der Waals surface area contributed by atoms with E-state index in [-0.39, 0.29) is 5.91 Å². The largest absolute Gasteiger partial charge is 0.481 e. The highest BCUT2D eigenvalue weighted by atomic mass is 32.2. The lowest BCUT2D eigenvalue weighted by Gasteiger charge is -2.24. The SMILES string of the molecule is CSC(C)CCNC(=O)C1CC=CCC1C(=O)O. The second-order valence-electron chi connectivity index (χ2n) is 4.62. The lowest BCUT2D eigenvalue weighted by molar-refractivity contribution is -0.147. The Kier molecular flexibility index (Phi) is 6.25. The lowest BCUT2D eigenvalue weighted by Crippen LogP contribution is -2.39. The first-order chi connectivity index (χ1) is 8.56. The number of amides is 1. The van der Waals surface area contributed by atoms with Crippen LogP contribution < -0.4 is 5.32 Å². The third-order valence-electron chi connectivity index (χ3n) is 3.34. The van der Waals surface area contributed by atoms with Crippen LogP contribution >= 0.6 is 11.8 Å². The smallest absolute Gasteiger partial charge is 0.307 e. The fourth-order valence-electron chi connectivity index (χ4n) is 2.02. The molecule has 0 aromatic rings. The Morgan fingerprint density at radius 1 is 1.39 bits per heavy atom. The van der Waals surface area contributed by atoms with Gasteiger partial charge in [0.25, 0.3) is 0 Å². The van der Waals surface area contributed by atoms with Crippen LogP contribution in [-0.2, 0) is 9.59 Å². The maximum absolute atomic E-state index is 12.0. The predicted octanol–water partition coefficient (Wildman–Crippen LogP) is 1.91. The van der Waals surface area contributed by atoms with Crippen LogP contribution in [0, 0.1) is 11.8 Å². The second kappa shape index (κ2) is 7.46. The molecule has 1 rings (SSSR count). The maximum atomic E-state index is 12.0. The fraction of sp³-hybridized carbons (Fsp3) is 0.692. The first-order valence-electron chi connectivity index (χ1n) is 6.24. The summed E-state index contributed by atoms with van der Waals surface area (Å²) in [4.78, 5) is 23.0. The third-order valence-corrected chi connectivity index (χ3v) is 4.38. The van der Waals surface area contributed by atoms with E-state index < -0.39 is 17.8 Å². The molecule has 1 amide bonds. The van der Waals surface area contributed by atoms with Crippen molar-refractivity contribution < 1.29 is 14.7 Å². The quantitative estimate of drug-likeness (QED) is 0.724. The molecular weight excluding hydrogens is 250 g/mol. The molecule has 1 aliphatic rings. The Balaban J connectivity index is 2.44. The Bertz CT molecular complexity index is 330. The summed E-state index contributed by atoms with van der Waals surface area (Å²) in [5, 5.41) is 12.5. The summed E-state index contributed by atoms with van der Waals surface area (Å²) in [6.07, 6.45) is 7.67. The molecule has 0 saturated carbocycles. The first-order valence-corrected chi connectivity index (χ1v) is 7.53. The van der Waals surface area contributed by atoms with Crippen molar-refractivity contribution in [3.8, 4) is 0 Å². The van der Waals surface area contributed by atoms with Crippen molar-refractivity contribution in [1.82, 2.24) is 5.32 Å². The van der Waals surface area contributed by atoms with E-state index in [1.54, 1.807) is 11.8 Å². The van der Waals surface area contributed by atoms with Gasteiger partial charge in [-0.25, -0.2) is 0 Å². The van der Waals surface area contributed by atoms with Crippen LogP contribution in [0.4, 0.5) is 0 Å². The average Bonchev–Trinajstić information content (AvgIpc) is 2.38. The summed E-state index contributed by atoms with van der Waals surface area (Å²) in [5.74, 6) is -2.00. The van der Waals surface area contributed by atoms with Gasteiger partial charge in [0, 0.05) is 11.8 Å². The van der Waals surface area contributed by atoms with Gasteiger partial charge in [-0.1, -0.05) is 19.1 Å². The van der Waals surface area contributed by atoms with E-state index in [1.165, 1.54) is 0 Å². The number of hydrogen-bond acceptors (Lipinski definition) is 3. The van der Waals surface area contributed by atoms with Crippen LogP contribution in [-0.4, -0.2) is 35.0 Å². The highest BCUT2D eigenvalue weighted by molar-refractivity contribution is 7.99. The van der Waals surface area contributed by atoms with Crippen LogP contribution in [0.1, 0.15) is 26.2 Å². The minimum atomic E-state index is -0.878. The van der Waals surface area contributed by atoms with Gasteiger partial charge in [0.05, 0.1) is 11.8 Å². The van der Waals surface area contributed by atoms with Crippen molar-refractivity contribution in [2.75, 3.05) is 12.8 Å². The molecule has 0 saturated heterocycles. The molecule has 0 heterocycles. The second-order valence-corrected chi connectivity index (χ2v) is 5.90. The van der Waals surface area contributed by atoms with Gasteiger partial charge < -0.3 is 10.4 Å². The summed E-state index contributed by atoms with van der Waals surface area (Å²) in [6, 6.07) is 0. The van der Waals surface area contributed by atoms with Crippen LogP contribution in [0.5, 0.6) is 0 Å². The molecule has 4 nitrogen and oxygen atoms in total. The number of rotatable bonds is 6. The number of nitrogens with one attached hydrogen (secondary N) is 1. The molecule has 3 unspecified atom stereocenters. The minimum Gasteiger partial charge on any atom is -0.481 e. The van der Waals surface area contributed by atoms with Gasteiger partial charge in [-0.2, -0.15) is 11.8 Å². The molecule has 0 aromatic heterocycles. The van der Waals surface area contributed by atoms with Crippen molar-refractivity contribution in [2.45, 2.75) is 31.4 Å². The molecule has 0 fully saturated rings. The number of allylic oxidation sites excluding steroid dienone is 2. The summed E-state index contributed by atoms with van der Waals surface area (Å²) < 4.78 is 0. The van der Waals surface area contributed by atoms with E-state index in [9.17, 15) is 9.59 Å². The van der Waals surface area contributed by atoms with Crippen LogP contribution in [0.3, 0.4) is 0 Å². The topological polar surface area (TPSA) is 66.4 Å². The number of hydrogen-bond donors (Lipinski definition) is 2. The fourth-order valence-corrected chi connectivity index (χ4v) is 2.38. The molecule has 18 heavy (non-hydrogen) atoms. The predicted molar refractivity (Wildman–Crippen MR) is 73.6 cm³/mol. The molecule has 0 radical (unpaired) electrons. The molecule has 0 aliphatic heterocycles. The highest BCUT2D eigenvalue weighted by Crippen LogP contribution is 2.26. The number of aliphatic carboxylic acids is 1. The van der Waals surface area contributed by atoms with Crippen molar-refractivity contribution in [2.24, 2.45) is 11.8 Å². The summed E-state index contributed by atoms with van der Waals surface area (Å²) in [5.41, 5.74) is 0. The van der Waals surface area contributed by atoms with Gasteiger partial charge in [-0.05, 0) is 25.5 Å². The Hall–Kier alpha value is -0.970. The maximum Gasteiger partial charge on any atom is 0.307 e. The van der Waals surface area contributed by atoms with Crippen molar-refractivity contribution in [3.05, 3.63) is 12.2 Å². The van der Waals surface area contributed by atoms with Gasteiger partial charge in [0.2, 0.25) is 5.91 Å². The molecule has 0 bridgehead atoms. The first kappa shape index (κ1) is 15.1. The van der Waals surface area contributed by atoms with Gasteiger partial charge in [0.15, 0.2) is 0 Å². The molecule has 0 spiro atoms. The molecule has 0 aromatic carbocycles. The van der Waals surface area contributed by atoms with Crippen molar-refractivity contribution in [3.63, 3.8) is 0 Å². The summed E-state index contributed by atoms with van der Waals surface area (Å²) in [7, 11) is 0. The molecule has 2 N–H and O–H groups in total. The van der Waals surface area contributed by atoms with Gasteiger partial charge >= 0.3 is 5.97 Å². The van der Waals surface area contributed by atoms with Crippen LogP contribution in [0.15, 0.2) is 12.2 Å². The van der Waals surface area contributed by atoms with Crippen molar-refractivity contribution in [1.29, 1.82) is 0 Å².